The van der Waals surface area contributed by atoms with E-state index in [1.165, 1.54) is 16.8 Å². The van der Waals surface area contributed by atoms with Gasteiger partial charge in [0.1, 0.15) is 0 Å². The van der Waals surface area contributed by atoms with Gasteiger partial charge in [-0.25, -0.2) is 0 Å². The van der Waals surface area contributed by atoms with Gasteiger partial charge >= 0.3 is 0 Å². The monoisotopic (exact) mass is 491 g/mol. The van der Waals surface area contributed by atoms with Gasteiger partial charge in [-0.1, -0.05) is 36.4 Å². The minimum atomic E-state index is 0.0621. The van der Waals surface area contributed by atoms with Crippen LogP contribution in [-0.4, -0.2) is 78.0 Å². The summed E-state index contributed by atoms with van der Waals surface area (Å²) in [6.45, 7) is 8.31. The number of likely N-dealkylation sites (tertiary alicyclic amines) is 1. The van der Waals surface area contributed by atoms with E-state index in [1.807, 2.05) is 18.7 Å². The summed E-state index contributed by atoms with van der Waals surface area (Å²) in [6.07, 6.45) is 9.26. The number of hydrogen-bond donors (Lipinski definition) is 0. The normalized spacial score (nSPS) is 25.5. The van der Waals surface area contributed by atoms with Gasteiger partial charge in [0, 0.05) is 44.0 Å². The molecule has 6 nitrogen and oxygen atoms in total. The molecule has 2 saturated heterocycles. The molecule has 0 aromatic heterocycles. The van der Waals surface area contributed by atoms with Gasteiger partial charge < -0.3 is 19.4 Å². The van der Waals surface area contributed by atoms with Crippen LogP contribution in [0, 0.1) is 5.92 Å². The molecule has 0 bridgehead atoms. The summed E-state index contributed by atoms with van der Waals surface area (Å²) in [4.78, 5) is 33.2. The summed E-state index contributed by atoms with van der Waals surface area (Å²) in [7, 11) is 0. The highest BCUT2D eigenvalue weighted by Crippen LogP contribution is 2.37. The second kappa shape index (κ2) is 11.2. The second-order valence-electron chi connectivity index (χ2n) is 11.1. The van der Waals surface area contributed by atoms with Crippen molar-refractivity contribution in [3.8, 4) is 0 Å². The van der Waals surface area contributed by atoms with Crippen molar-refractivity contribution in [2.24, 2.45) is 5.92 Å². The van der Waals surface area contributed by atoms with Crippen LogP contribution >= 0.6 is 0 Å². The maximum absolute atomic E-state index is 13.6. The summed E-state index contributed by atoms with van der Waals surface area (Å²) in [5.74, 6) is 1.03. The average molecular weight is 492 g/mol. The van der Waals surface area contributed by atoms with E-state index < -0.39 is 0 Å². The molecule has 3 aliphatic heterocycles. The van der Waals surface area contributed by atoms with Crippen molar-refractivity contribution >= 4 is 11.8 Å². The Balaban J connectivity index is 1.20. The van der Waals surface area contributed by atoms with Crippen LogP contribution in [0.2, 0.25) is 0 Å². The molecule has 36 heavy (non-hydrogen) atoms. The van der Waals surface area contributed by atoms with Crippen molar-refractivity contribution in [2.45, 2.75) is 71.0 Å². The van der Waals surface area contributed by atoms with Gasteiger partial charge in [-0.3, -0.25) is 9.59 Å². The number of carbonyl (C=O) groups excluding carboxylic acids is 2. The lowest BCUT2D eigenvalue weighted by Gasteiger charge is -2.36. The summed E-state index contributed by atoms with van der Waals surface area (Å²) in [5.41, 5.74) is 4.68. The van der Waals surface area contributed by atoms with Crippen molar-refractivity contribution in [2.75, 3.05) is 39.3 Å². The zero-order chi connectivity index (χ0) is 25.1. The molecule has 4 aliphatic rings. The number of nitrogens with zero attached hydrogens (tertiary/aromatic N) is 3. The third kappa shape index (κ3) is 5.69. The maximum Gasteiger partial charge on any atom is 0.254 e. The zero-order valence-corrected chi connectivity index (χ0v) is 22.0. The number of benzene rings is 1. The smallest absolute Gasteiger partial charge is 0.254 e. The van der Waals surface area contributed by atoms with Gasteiger partial charge in [-0.15, -0.1) is 0 Å². The molecule has 3 heterocycles. The minimum Gasteiger partial charge on any atom is -0.372 e. The molecule has 194 valence electrons. The first-order valence-corrected chi connectivity index (χ1v) is 13.9. The molecule has 2 atom stereocenters. The van der Waals surface area contributed by atoms with Crippen molar-refractivity contribution in [1.82, 2.24) is 14.7 Å². The minimum absolute atomic E-state index is 0.0621. The standard InChI is InChI=1S/C30H41N3O3/c1-22-19-33(20-23(2)36-22)30(35)27-11-7-15-32(28-12-6-10-26(27)28)21-29(34)31-16-13-25(14-17-31)18-24-8-4-3-5-9-24/h3-5,8-9,11,22-23,25H,6-7,10,12-21H2,1-2H3/t22-,23+. The Bertz CT molecular complexity index is 1000. The molecule has 5 rings (SSSR count). The van der Waals surface area contributed by atoms with Crippen LogP contribution in [0.3, 0.4) is 0 Å². The Morgan fingerprint density at radius 2 is 1.67 bits per heavy atom. The van der Waals surface area contributed by atoms with E-state index in [4.69, 9.17) is 4.74 Å². The van der Waals surface area contributed by atoms with Crippen LogP contribution in [0.4, 0.5) is 0 Å². The van der Waals surface area contributed by atoms with Crippen LogP contribution in [0.15, 0.2) is 53.3 Å². The van der Waals surface area contributed by atoms with Crippen LogP contribution in [-0.2, 0) is 20.7 Å². The van der Waals surface area contributed by atoms with Gasteiger partial charge in [0.15, 0.2) is 0 Å². The van der Waals surface area contributed by atoms with E-state index in [0.29, 0.717) is 25.6 Å². The molecule has 6 heteroatoms. The van der Waals surface area contributed by atoms with Crippen LogP contribution in [0.1, 0.15) is 57.9 Å². The van der Waals surface area contributed by atoms with Crippen molar-refractivity contribution < 1.29 is 14.3 Å². The predicted molar refractivity (Wildman–Crippen MR) is 141 cm³/mol. The fourth-order valence-corrected chi connectivity index (χ4v) is 6.49. The topological polar surface area (TPSA) is 53.1 Å². The quantitative estimate of drug-likeness (QED) is 0.620. The Kier molecular flexibility index (Phi) is 7.80. The van der Waals surface area contributed by atoms with E-state index in [-0.39, 0.29) is 24.0 Å². The number of hydrogen-bond acceptors (Lipinski definition) is 4. The van der Waals surface area contributed by atoms with Crippen molar-refractivity contribution in [3.63, 3.8) is 0 Å². The first-order chi connectivity index (χ1) is 17.5. The number of carbonyl (C=O) groups is 2. The fraction of sp³-hybridized carbons (Fsp3) is 0.600. The van der Waals surface area contributed by atoms with Crippen LogP contribution in [0.25, 0.3) is 0 Å². The molecular weight excluding hydrogens is 450 g/mol. The highest BCUT2D eigenvalue weighted by molar-refractivity contribution is 5.98. The lowest BCUT2D eigenvalue weighted by molar-refractivity contribution is -0.138. The van der Waals surface area contributed by atoms with Gasteiger partial charge in [0.2, 0.25) is 5.91 Å². The predicted octanol–water partition coefficient (Wildman–Crippen LogP) is 4.17. The maximum atomic E-state index is 13.6. The lowest BCUT2D eigenvalue weighted by Crippen LogP contribution is -2.48. The average Bonchev–Trinajstić information content (AvgIpc) is 3.29. The SMILES string of the molecule is C[C@@H]1CN(C(=O)C2=CCCN(CC(=O)N3CCC(Cc4ccccc4)CC3)C3=C2CCC3)C[C@H](C)O1. The second-order valence-corrected chi connectivity index (χ2v) is 11.1. The zero-order valence-electron chi connectivity index (χ0n) is 22.0. The van der Waals surface area contributed by atoms with Crippen molar-refractivity contribution in [3.05, 3.63) is 58.8 Å². The summed E-state index contributed by atoms with van der Waals surface area (Å²) >= 11 is 0. The van der Waals surface area contributed by atoms with E-state index >= 15 is 0 Å². The third-order valence-corrected chi connectivity index (χ3v) is 8.24. The molecule has 1 aromatic rings. The molecule has 1 aromatic carbocycles. The van der Waals surface area contributed by atoms with E-state index in [2.05, 4.69) is 46.2 Å². The highest BCUT2D eigenvalue weighted by Gasteiger charge is 2.34. The van der Waals surface area contributed by atoms with E-state index in [0.717, 1.165) is 70.2 Å². The molecule has 1 aliphatic carbocycles. The highest BCUT2D eigenvalue weighted by atomic mass is 16.5. The Labute approximate surface area is 216 Å². The first-order valence-electron chi connectivity index (χ1n) is 13.9. The summed E-state index contributed by atoms with van der Waals surface area (Å²) in [5, 5.41) is 0. The molecule has 0 spiro atoms. The van der Waals surface area contributed by atoms with Crippen LogP contribution < -0.4 is 0 Å². The molecule has 0 unspecified atom stereocenters. The first kappa shape index (κ1) is 25.1. The van der Waals surface area contributed by atoms with Gasteiger partial charge in [0.05, 0.1) is 18.8 Å². The number of morpholine rings is 1. The number of rotatable bonds is 5. The van der Waals surface area contributed by atoms with Gasteiger partial charge in [0.25, 0.3) is 5.91 Å². The Hall–Kier alpha value is -2.60. The van der Waals surface area contributed by atoms with Gasteiger partial charge in [-0.05, 0) is 75.8 Å². The van der Waals surface area contributed by atoms with E-state index in [9.17, 15) is 9.59 Å². The largest absolute Gasteiger partial charge is 0.372 e. The fourth-order valence-electron chi connectivity index (χ4n) is 6.49. The third-order valence-electron chi connectivity index (χ3n) is 8.24. The molecule has 0 N–H and O–H groups in total. The summed E-state index contributed by atoms with van der Waals surface area (Å²) in [6, 6.07) is 10.7. The molecule has 2 amide bonds. The van der Waals surface area contributed by atoms with Gasteiger partial charge in [-0.2, -0.15) is 0 Å². The number of amides is 2. The molecule has 2 fully saturated rings. The summed E-state index contributed by atoms with van der Waals surface area (Å²) < 4.78 is 5.84. The van der Waals surface area contributed by atoms with Crippen LogP contribution in [0.5, 0.6) is 0 Å². The van der Waals surface area contributed by atoms with E-state index in [1.54, 1.807) is 0 Å². The number of ether oxygens (including phenoxy) is 1. The van der Waals surface area contributed by atoms with Crippen molar-refractivity contribution in [1.29, 1.82) is 0 Å². The Morgan fingerprint density at radius 3 is 2.39 bits per heavy atom. The number of piperidine rings is 1. The molecule has 0 saturated carbocycles. The number of allylic oxidation sites excluding steroid dienone is 1. The molecular formula is C30H41N3O3. The Morgan fingerprint density at radius 1 is 0.944 bits per heavy atom. The lowest BCUT2D eigenvalue weighted by atomic mass is 9.90. The molecule has 0 radical (unpaired) electrons.